The Morgan fingerprint density at radius 2 is 0.610 bits per heavy atom. The number of urea groups is 7. The average molecular weight is 1950 g/mol. The van der Waals surface area contributed by atoms with Crippen molar-refractivity contribution in [3.63, 3.8) is 0 Å². The number of nitrogens with one attached hydrogen (secondary N) is 7. The molecule has 7 N–H and O–H groups in total. The minimum absolute atomic E-state index is 0.0749. The Balaban J connectivity index is 0.000000152. The molecule has 7 atom stereocenters. The average Bonchev–Trinajstić information content (AvgIpc) is 0.970. The molecule has 17 fully saturated rings. The highest BCUT2D eigenvalue weighted by molar-refractivity contribution is 5.78. The lowest BCUT2D eigenvalue weighted by Crippen LogP contribution is -2.63. The summed E-state index contributed by atoms with van der Waals surface area (Å²) in [6, 6.07) is 1.57. The highest BCUT2D eigenvalue weighted by Crippen LogP contribution is 2.41. The predicted molar refractivity (Wildman–Crippen MR) is 511 cm³/mol. The molecule has 0 spiro atoms. The lowest BCUT2D eigenvalue weighted by atomic mass is 9.87. The summed E-state index contributed by atoms with van der Waals surface area (Å²) in [4.78, 5) is 115. The normalized spacial score (nSPS) is 28.2. The highest BCUT2D eigenvalue weighted by atomic mass is 19.4. The molecule has 16 saturated heterocycles. The van der Waals surface area contributed by atoms with E-state index in [1.54, 1.807) is 16.9 Å². The summed E-state index contributed by atoms with van der Waals surface area (Å²) < 4.78 is 114. The molecule has 31 nitrogen and oxygen atoms in total. The Kier molecular flexibility index (Phi) is 44.1. The van der Waals surface area contributed by atoms with E-state index in [4.69, 9.17) is 14.2 Å². The van der Waals surface area contributed by atoms with Crippen LogP contribution in [0.4, 0.5) is 68.7 Å². The third-order valence-electron chi connectivity index (χ3n) is 32.5. The number of alkyl halides is 8. The van der Waals surface area contributed by atoms with Crippen LogP contribution in [0.2, 0.25) is 0 Å². The Bertz CT molecular complexity index is 3550. The van der Waals surface area contributed by atoms with Gasteiger partial charge < -0.3 is 120 Å². The number of likely N-dealkylation sites (tertiary alicyclic amines) is 14. The van der Waals surface area contributed by atoms with Crippen molar-refractivity contribution in [1.29, 1.82) is 0 Å². The zero-order valence-corrected chi connectivity index (χ0v) is 83.8. The highest BCUT2D eigenvalue weighted by Gasteiger charge is 2.49. The number of amides is 14. The number of hydrogen-bond acceptors (Lipinski definition) is 17. The van der Waals surface area contributed by atoms with Gasteiger partial charge in [-0.25, -0.2) is 55.5 Å². The van der Waals surface area contributed by atoms with E-state index in [0.29, 0.717) is 124 Å². The fourth-order valence-corrected chi connectivity index (χ4v) is 24.2. The zero-order chi connectivity index (χ0) is 97.6. The maximum absolute atomic E-state index is 12.9. The summed E-state index contributed by atoms with van der Waals surface area (Å²) in [5.74, 6) is 1.63. The number of piperidine rings is 7. The predicted octanol–water partition coefficient (Wildman–Crippen LogP) is 10.9. The molecule has 17 aliphatic rings. The molecule has 14 amide bonds. The molecular weight excluding hydrogens is 1770 g/mol. The molecule has 1 saturated carbocycles. The number of rotatable bonds is 18. The number of carbonyl (C=O) groups is 7. The van der Waals surface area contributed by atoms with E-state index < -0.39 is 44.3 Å². The first-order chi connectivity index (χ1) is 65.1. The van der Waals surface area contributed by atoms with E-state index in [-0.39, 0.29) is 85.3 Å². The zero-order valence-electron chi connectivity index (χ0n) is 83.8. The lowest BCUT2D eigenvalue weighted by molar-refractivity contribution is -0.123. The van der Waals surface area contributed by atoms with Crippen LogP contribution in [-0.2, 0) is 14.2 Å². The Morgan fingerprint density at radius 1 is 0.353 bits per heavy atom. The topological polar surface area (TPSA) is 277 Å². The Labute approximate surface area is 806 Å². The van der Waals surface area contributed by atoms with Crippen LogP contribution >= 0.6 is 0 Å². The minimum Gasteiger partial charge on any atom is -0.383 e. The molecular formula is C97H173F8N21O10. The van der Waals surface area contributed by atoms with Crippen LogP contribution in [-0.4, -0.2) is 449 Å². The maximum atomic E-state index is 12.9. The quantitative estimate of drug-likeness (QED) is 0.0496. The van der Waals surface area contributed by atoms with Crippen LogP contribution < -0.4 is 37.2 Å². The van der Waals surface area contributed by atoms with Crippen LogP contribution in [0.5, 0.6) is 0 Å². The SMILES string of the molecule is CN1CCC([C@@H]2CCCN2C(=O)NC2(C)COC2)CC1.CN1CCC([C@@H]2CCCN2C(=O)NC2CC(F)(F)C2)CC1.CN1CCC([C@@H]2CCCN2C(=O)NC2COC2)CC1.CN1CCC([C@@H]2CCCN2C(=O)NCC(F)(F)F)CC1.CN1CCC([C@@H]2CCCN2C(=O)NCC(F)F)CC1.CN1CCC([C@@H]2CCCN2C(=O)NCCF)CC1.COCCNC(=O)N1CCC[C@H]1C1CCN(C)CC1. The lowest BCUT2D eigenvalue weighted by Gasteiger charge is -2.42. The van der Waals surface area contributed by atoms with E-state index >= 15 is 0 Å². The fraction of sp³-hybridized carbons (Fsp3) is 0.928. The number of nitrogens with zero attached hydrogens (tertiary/aromatic N) is 14. The number of hydrogen-bond donors (Lipinski definition) is 7. The van der Waals surface area contributed by atoms with Crippen LogP contribution in [0.3, 0.4) is 0 Å². The van der Waals surface area contributed by atoms with Gasteiger partial charge in [0.25, 0.3) is 12.3 Å². The van der Waals surface area contributed by atoms with Crippen molar-refractivity contribution < 1.29 is 82.9 Å². The molecule has 0 aromatic carbocycles. The fourth-order valence-electron chi connectivity index (χ4n) is 24.2. The second kappa shape index (κ2) is 54.4. The van der Waals surface area contributed by atoms with Gasteiger partial charge in [0.2, 0.25) is 0 Å². The van der Waals surface area contributed by atoms with Crippen molar-refractivity contribution in [1.82, 2.24) is 106 Å². The summed E-state index contributed by atoms with van der Waals surface area (Å²) in [5.41, 5.74) is -0.142. The number of carbonyl (C=O) groups excluding carboxylic acids is 7. The van der Waals surface area contributed by atoms with E-state index in [2.05, 4.69) is 137 Å². The first-order valence-corrected chi connectivity index (χ1v) is 52.3. The van der Waals surface area contributed by atoms with Crippen LogP contribution in [0.25, 0.3) is 0 Å². The first-order valence-electron chi connectivity index (χ1n) is 52.3. The van der Waals surface area contributed by atoms with Gasteiger partial charge in [0.15, 0.2) is 0 Å². The molecule has 0 aromatic rings. The third-order valence-corrected chi connectivity index (χ3v) is 32.5. The summed E-state index contributed by atoms with van der Waals surface area (Å²) in [7, 11) is 16.7. The summed E-state index contributed by atoms with van der Waals surface area (Å²) in [6.07, 6.45) is 24.0. The van der Waals surface area contributed by atoms with Gasteiger partial charge in [-0.2, -0.15) is 13.2 Å². The smallest absolute Gasteiger partial charge is 0.383 e. The van der Waals surface area contributed by atoms with Gasteiger partial charge in [-0.05, 0) is 369 Å². The van der Waals surface area contributed by atoms with E-state index in [0.717, 1.165) is 194 Å². The number of ether oxygens (including phenoxy) is 3. The Hall–Kier alpha value is -6.07. The van der Waals surface area contributed by atoms with Crippen molar-refractivity contribution in [3.8, 4) is 0 Å². The molecule has 17 rings (SSSR count). The molecule has 0 unspecified atom stereocenters. The van der Waals surface area contributed by atoms with Crippen LogP contribution in [0.1, 0.15) is 200 Å². The maximum Gasteiger partial charge on any atom is 0.405 e. The van der Waals surface area contributed by atoms with Crippen molar-refractivity contribution >= 4 is 42.2 Å². The first kappa shape index (κ1) is 110. The second-order valence-electron chi connectivity index (χ2n) is 42.9. The standard InChI is InChI=1S/C15H25F2N3O.C15H27N3O2.C14H25N3O2.C14H27N3O2.C13H22F3N3O.C13H23F2N3O.C13H24FN3O/c1-19-7-4-11(5-8-19)13-3-2-6-20(13)14(21)18-12-9-15(16,17)10-12;1-15(10-20-11-15)16-14(19)18-7-3-4-13(18)12-5-8-17(2)9-6-12;1-16-7-4-11(5-8-16)13-3-2-6-17(13)14(18)15-12-9-19-10-12;1-16-9-5-12(6-10-16)13-4-3-8-17(13)14(18)15-7-11-19-2;1-18-7-4-10(5-8-18)11-3-2-6-19(11)12(20)17-9-13(14,15)16;1-17-7-4-10(5-8-17)11-3-2-6-18(11)13(19)16-9-12(14)15;1-16-9-4-11(5-10-16)12-3-2-8-17(12)13(18)15-7-6-14/h11-13H,2-10H2,1H3,(H,18,21);12-13H,3-11H2,1-2H3,(H,16,19);11-13H,2-10H2,1H3,(H,15,18);12-13H,3-11H2,1-2H3,(H,15,18);10-11H,2-9H2,1H3,(H,17,20);10-12H,2-9H2,1H3,(H,16,19);11-12H,2-10H2,1H3,(H,15,18)/t4*13-;2*11-;12-/m0000000/s1. The van der Waals surface area contributed by atoms with Crippen molar-refractivity contribution in [2.45, 2.75) is 278 Å². The van der Waals surface area contributed by atoms with Gasteiger partial charge in [-0.1, -0.05) is 0 Å². The molecule has 16 heterocycles. The third kappa shape index (κ3) is 33.8. The molecule has 1 aliphatic carbocycles. The molecule has 782 valence electrons. The number of methoxy groups -OCH3 is 1. The molecule has 136 heavy (non-hydrogen) atoms. The molecule has 16 aliphatic heterocycles. The van der Waals surface area contributed by atoms with E-state index in [1.165, 1.54) is 110 Å². The molecule has 39 heteroatoms. The van der Waals surface area contributed by atoms with Crippen LogP contribution in [0, 0.1) is 41.4 Å². The van der Waals surface area contributed by atoms with Gasteiger partial charge in [0.1, 0.15) is 13.2 Å². The van der Waals surface area contributed by atoms with Gasteiger partial charge >= 0.3 is 48.4 Å². The van der Waals surface area contributed by atoms with Crippen molar-refractivity contribution in [3.05, 3.63) is 0 Å². The second-order valence-corrected chi connectivity index (χ2v) is 42.9. The Morgan fingerprint density at radius 3 is 0.846 bits per heavy atom. The minimum atomic E-state index is -4.35. The van der Waals surface area contributed by atoms with Gasteiger partial charge in [0, 0.05) is 127 Å². The summed E-state index contributed by atoms with van der Waals surface area (Å²) in [6.45, 7) is 24.9. The van der Waals surface area contributed by atoms with E-state index in [9.17, 15) is 68.7 Å². The molecule has 0 aromatic heterocycles. The van der Waals surface area contributed by atoms with E-state index in [1.807, 2.05) is 15.1 Å². The van der Waals surface area contributed by atoms with Gasteiger partial charge in [0.05, 0.1) is 51.2 Å². The van der Waals surface area contributed by atoms with Crippen molar-refractivity contribution in [2.24, 2.45) is 41.4 Å². The van der Waals surface area contributed by atoms with Crippen LogP contribution in [0.15, 0.2) is 0 Å². The van der Waals surface area contributed by atoms with Gasteiger partial charge in [-0.3, -0.25) is 0 Å². The monoisotopic (exact) mass is 1940 g/mol. The van der Waals surface area contributed by atoms with Gasteiger partial charge in [-0.15, -0.1) is 0 Å². The largest absolute Gasteiger partial charge is 0.405 e. The molecule has 0 bridgehead atoms. The van der Waals surface area contributed by atoms with Crippen molar-refractivity contribution in [2.75, 3.05) is 260 Å². The number of halogens is 8. The summed E-state index contributed by atoms with van der Waals surface area (Å²) >= 11 is 0. The summed E-state index contributed by atoms with van der Waals surface area (Å²) in [5, 5.41) is 19.0. The molecule has 0 radical (unpaired) electrons.